The van der Waals surface area contributed by atoms with E-state index in [1.54, 1.807) is 23.9 Å². The number of phenols is 1. The number of ether oxygens (including phenoxy) is 1. The quantitative estimate of drug-likeness (QED) is 0.247. The Kier molecular flexibility index (Phi) is 9.96. The first kappa shape index (κ1) is 31.8. The Balaban J connectivity index is 0.958. The maximum atomic E-state index is 13.3. The third-order valence-corrected chi connectivity index (χ3v) is 10.8. The summed E-state index contributed by atoms with van der Waals surface area (Å²) >= 11 is 1.75. The molecule has 3 aliphatic heterocycles. The van der Waals surface area contributed by atoms with Gasteiger partial charge in [-0.05, 0) is 72.4 Å². The van der Waals surface area contributed by atoms with Crippen LogP contribution >= 0.6 is 11.8 Å². The zero-order chi connectivity index (χ0) is 31.4. The predicted molar refractivity (Wildman–Crippen MR) is 178 cm³/mol. The molecule has 2 fully saturated rings. The van der Waals surface area contributed by atoms with Gasteiger partial charge < -0.3 is 30.2 Å². The lowest BCUT2D eigenvalue weighted by atomic mass is 9.89. The average Bonchev–Trinajstić information content (AvgIpc) is 3.54. The summed E-state index contributed by atoms with van der Waals surface area (Å²) in [5, 5.41) is 25.0. The molecule has 9 nitrogen and oxygen atoms in total. The van der Waals surface area contributed by atoms with E-state index in [2.05, 4.69) is 57.4 Å². The van der Waals surface area contributed by atoms with Crippen LogP contribution < -0.4 is 10.9 Å². The van der Waals surface area contributed by atoms with Crippen LogP contribution in [0.2, 0.25) is 0 Å². The average molecular weight is 633 g/mol. The summed E-state index contributed by atoms with van der Waals surface area (Å²) in [5.41, 5.74) is 3.00. The maximum Gasteiger partial charge on any atom is 0.248 e. The van der Waals surface area contributed by atoms with E-state index < -0.39 is 6.10 Å². The van der Waals surface area contributed by atoms with Crippen LogP contribution in [0.5, 0.6) is 5.75 Å². The Morgan fingerprint density at radius 2 is 1.98 bits per heavy atom. The van der Waals surface area contributed by atoms with Gasteiger partial charge in [-0.2, -0.15) is 0 Å². The summed E-state index contributed by atoms with van der Waals surface area (Å²) in [4.78, 5) is 33.5. The molecule has 240 valence electrons. The van der Waals surface area contributed by atoms with Crippen LogP contribution in [-0.4, -0.2) is 87.6 Å². The van der Waals surface area contributed by atoms with E-state index in [9.17, 15) is 19.8 Å². The number of aromatic nitrogens is 1. The first-order valence-corrected chi connectivity index (χ1v) is 17.0. The van der Waals surface area contributed by atoms with Gasteiger partial charge >= 0.3 is 0 Å². The number of aromatic amines is 1. The van der Waals surface area contributed by atoms with Crippen LogP contribution in [0.4, 0.5) is 0 Å². The lowest BCUT2D eigenvalue weighted by Gasteiger charge is -2.47. The molecule has 2 saturated heterocycles. The zero-order valence-corrected chi connectivity index (χ0v) is 26.8. The van der Waals surface area contributed by atoms with E-state index in [1.807, 2.05) is 0 Å². The third-order valence-electron chi connectivity index (χ3n) is 9.40. The lowest BCUT2D eigenvalue weighted by molar-refractivity contribution is -0.159. The minimum atomic E-state index is -0.779. The van der Waals surface area contributed by atoms with Crippen molar-refractivity contribution in [1.29, 1.82) is 0 Å². The smallest absolute Gasteiger partial charge is 0.248 e. The van der Waals surface area contributed by atoms with Crippen molar-refractivity contribution in [2.75, 3.05) is 45.9 Å². The third kappa shape index (κ3) is 7.47. The molecule has 0 aliphatic carbocycles. The number of hydrogen-bond acceptors (Lipinski definition) is 8. The molecule has 0 radical (unpaired) electrons. The van der Waals surface area contributed by atoms with Crippen LogP contribution in [0.15, 0.2) is 64.3 Å². The molecular weight excluding hydrogens is 588 g/mol. The van der Waals surface area contributed by atoms with Crippen molar-refractivity contribution < 1.29 is 19.7 Å². The summed E-state index contributed by atoms with van der Waals surface area (Å²) in [6.45, 7) is 8.03. The summed E-state index contributed by atoms with van der Waals surface area (Å²) in [7, 11) is 0. The number of nitrogens with one attached hydrogen (secondary N) is 2. The summed E-state index contributed by atoms with van der Waals surface area (Å²) in [6, 6.07) is 14.9. The first-order valence-electron chi connectivity index (χ1n) is 16.1. The maximum absolute atomic E-state index is 13.3. The minimum absolute atomic E-state index is 0.0156. The van der Waals surface area contributed by atoms with Gasteiger partial charge in [-0.25, -0.2) is 0 Å². The molecule has 45 heavy (non-hydrogen) atoms. The molecule has 2 aromatic carbocycles. The number of nitrogens with zero attached hydrogens (tertiary/aromatic N) is 2. The molecule has 1 unspecified atom stereocenters. The largest absolute Gasteiger partial charge is 0.506 e. The number of aliphatic hydroxyl groups excluding tert-OH is 1. The van der Waals surface area contributed by atoms with E-state index in [4.69, 9.17) is 4.74 Å². The predicted octanol–water partition coefficient (Wildman–Crippen LogP) is 4.09. The number of allylic oxidation sites excluding steroid dienone is 2. The number of phenolic OH excluding ortho intramolecular Hbond substituents is 1. The monoisotopic (exact) mass is 632 g/mol. The highest BCUT2D eigenvalue weighted by Gasteiger charge is 2.42. The molecule has 1 aromatic heterocycles. The Morgan fingerprint density at radius 1 is 1.16 bits per heavy atom. The summed E-state index contributed by atoms with van der Waals surface area (Å²) in [5.74, 6) is 0.259. The van der Waals surface area contributed by atoms with Gasteiger partial charge in [-0.1, -0.05) is 43.3 Å². The summed E-state index contributed by atoms with van der Waals surface area (Å²) < 4.78 is 6.35. The molecule has 4 heterocycles. The normalized spacial score (nSPS) is 20.9. The highest BCUT2D eigenvalue weighted by atomic mass is 32.2. The van der Waals surface area contributed by atoms with Gasteiger partial charge in [0.05, 0.1) is 29.1 Å². The number of piperidine rings is 1. The molecule has 3 aliphatic rings. The van der Waals surface area contributed by atoms with Crippen molar-refractivity contribution in [3.05, 3.63) is 86.6 Å². The SMILES string of the molecule is CCC1=CCC(C(=O)N2CCOC3(CCN(Cc4cccc(CCNC[C@H](O)c5ccc(O)c6[nH]c(=O)ccc56)c4)CC3)C2)S1. The molecule has 6 rings (SSSR count). The van der Waals surface area contributed by atoms with Crippen LogP contribution in [0, 0.1) is 0 Å². The molecular formula is C35H44N4O5S. The van der Waals surface area contributed by atoms with Crippen molar-refractivity contribution in [2.45, 2.75) is 62.5 Å². The van der Waals surface area contributed by atoms with Gasteiger partial charge in [-0.15, -0.1) is 11.8 Å². The Labute approximate surface area is 268 Å². The Morgan fingerprint density at radius 3 is 2.78 bits per heavy atom. The fourth-order valence-electron chi connectivity index (χ4n) is 6.83. The fraction of sp³-hybridized carbons (Fsp3) is 0.486. The number of likely N-dealkylation sites (tertiary alicyclic amines) is 1. The molecule has 0 bridgehead atoms. The molecule has 1 spiro atoms. The van der Waals surface area contributed by atoms with E-state index in [-0.39, 0.29) is 28.1 Å². The molecule has 10 heteroatoms. The standard InChI is InChI=1S/C35H44N4O5S/c1-2-26-6-10-31(45-26)34(43)39-18-19-44-35(23-39)13-16-38(17-14-35)22-25-5-3-4-24(20-25)12-15-36-21-30(41)27-7-9-29(40)33-28(27)8-11-32(42)37-33/h3-9,11,20,30-31,36,40-41H,2,10,12-19,21-23H2,1H3,(H,37,42)/t30-,31?/m0/s1. The number of morpholine rings is 1. The minimum Gasteiger partial charge on any atom is -0.506 e. The van der Waals surface area contributed by atoms with E-state index in [0.717, 1.165) is 51.7 Å². The van der Waals surface area contributed by atoms with E-state index in [0.29, 0.717) is 49.3 Å². The second-order valence-electron chi connectivity index (χ2n) is 12.5. The number of aromatic hydroxyl groups is 1. The topological polar surface area (TPSA) is 118 Å². The van der Waals surface area contributed by atoms with Gasteiger partial charge in [0.2, 0.25) is 11.5 Å². The van der Waals surface area contributed by atoms with Gasteiger partial charge in [0.15, 0.2) is 0 Å². The number of fused-ring (bicyclic) bond motifs is 1. The van der Waals surface area contributed by atoms with Crippen LogP contribution in [0.1, 0.15) is 55.4 Å². The molecule has 3 aromatic rings. The van der Waals surface area contributed by atoms with Crippen molar-refractivity contribution >= 4 is 28.6 Å². The van der Waals surface area contributed by atoms with Crippen molar-refractivity contribution in [1.82, 2.24) is 20.1 Å². The molecule has 1 amide bonds. The number of thioether (sulfide) groups is 1. The van der Waals surface area contributed by atoms with Crippen LogP contribution in [0.25, 0.3) is 10.9 Å². The number of amides is 1. The number of pyridine rings is 1. The number of carbonyl (C=O) groups is 1. The van der Waals surface area contributed by atoms with Crippen molar-refractivity contribution in [3.8, 4) is 5.75 Å². The second-order valence-corrected chi connectivity index (χ2v) is 13.8. The Hall–Kier alpha value is -3.15. The number of benzene rings is 2. The Bertz CT molecular complexity index is 1600. The van der Waals surface area contributed by atoms with Gasteiger partial charge in [0.25, 0.3) is 0 Å². The number of hydrogen-bond donors (Lipinski definition) is 4. The van der Waals surface area contributed by atoms with Crippen molar-refractivity contribution in [2.24, 2.45) is 0 Å². The molecule has 2 atom stereocenters. The highest BCUT2D eigenvalue weighted by molar-refractivity contribution is 8.04. The number of aliphatic hydroxyl groups is 1. The summed E-state index contributed by atoms with van der Waals surface area (Å²) in [6.07, 6.45) is 6.01. The fourth-order valence-corrected chi connectivity index (χ4v) is 7.99. The van der Waals surface area contributed by atoms with E-state index >= 15 is 0 Å². The second kappa shape index (κ2) is 14.1. The van der Waals surface area contributed by atoms with Crippen LogP contribution in [-0.2, 0) is 22.5 Å². The lowest BCUT2D eigenvalue weighted by Crippen LogP contribution is -2.58. The van der Waals surface area contributed by atoms with Crippen molar-refractivity contribution in [3.63, 3.8) is 0 Å². The molecule has 4 N–H and O–H groups in total. The van der Waals surface area contributed by atoms with Gasteiger partial charge in [0, 0.05) is 50.7 Å². The zero-order valence-electron chi connectivity index (χ0n) is 26.0. The highest BCUT2D eigenvalue weighted by Crippen LogP contribution is 2.37. The number of rotatable bonds is 10. The van der Waals surface area contributed by atoms with Gasteiger partial charge in [0.1, 0.15) is 5.75 Å². The first-order chi connectivity index (χ1) is 21.8. The van der Waals surface area contributed by atoms with Crippen LogP contribution in [0.3, 0.4) is 0 Å². The van der Waals surface area contributed by atoms with E-state index in [1.165, 1.54) is 28.2 Å². The number of H-pyrrole nitrogens is 1. The number of carbonyl (C=O) groups excluding carboxylic acids is 1. The molecule has 0 saturated carbocycles. The van der Waals surface area contributed by atoms with Gasteiger partial charge in [-0.3, -0.25) is 14.5 Å².